The third-order valence-electron chi connectivity index (χ3n) is 3.60. The number of aromatic nitrogens is 2. The molecule has 0 spiro atoms. The number of nitriles is 1. The van der Waals surface area contributed by atoms with E-state index in [1.807, 2.05) is 24.3 Å². The molecule has 0 aliphatic heterocycles. The van der Waals surface area contributed by atoms with E-state index in [0.717, 1.165) is 33.0 Å². The molecule has 0 radical (unpaired) electrons. The van der Waals surface area contributed by atoms with Gasteiger partial charge in [0.25, 0.3) is 0 Å². The highest BCUT2D eigenvalue weighted by molar-refractivity contribution is 14.1. The Hall–Kier alpha value is -2.03. The van der Waals surface area contributed by atoms with Crippen LogP contribution in [0.25, 0.3) is 0 Å². The Morgan fingerprint density at radius 3 is 2.69 bits per heavy atom. The number of alkyl halides is 3. The van der Waals surface area contributed by atoms with Crippen LogP contribution < -0.4 is 4.74 Å². The molecular formula is C19H10ClF3IN3OS. The zero-order valence-corrected chi connectivity index (χ0v) is 18.1. The molecule has 29 heavy (non-hydrogen) atoms. The van der Waals surface area contributed by atoms with E-state index < -0.39 is 17.3 Å². The predicted molar refractivity (Wildman–Crippen MR) is 111 cm³/mol. The average molecular weight is 548 g/mol. The van der Waals surface area contributed by atoms with Crippen molar-refractivity contribution in [2.75, 3.05) is 0 Å². The van der Waals surface area contributed by atoms with E-state index >= 15 is 0 Å². The summed E-state index contributed by atoms with van der Waals surface area (Å²) in [6, 6.07) is 12.7. The smallest absolute Gasteiger partial charge is 0.417 e. The molecule has 3 rings (SSSR count). The first-order valence-corrected chi connectivity index (χ1v) is 10.2. The highest BCUT2D eigenvalue weighted by atomic mass is 127. The summed E-state index contributed by atoms with van der Waals surface area (Å²) in [7, 11) is 0. The van der Waals surface area contributed by atoms with Crippen LogP contribution in [0, 0.1) is 14.9 Å². The maximum Gasteiger partial charge on any atom is 0.417 e. The Labute approximate surface area is 187 Å². The number of halogens is 5. The molecule has 0 amide bonds. The van der Waals surface area contributed by atoms with E-state index in [0.29, 0.717) is 4.90 Å². The highest BCUT2D eigenvalue weighted by Crippen LogP contribution is 2.38. The molecule has 10 heteroatoms. The van der Waals surface area contributed by atoms with Crippen molar-refractivity contribution in [3.63, 3.8) is 0 Å². The van der Waals surface area contributed by atoms with Gasteiger partial charge in [0.05, 0.1) is 22.1 Å². The van der Waals surface area contributed by atoms with Crippen LogP contribution in [-0.4, -0.2) is 9.97 Å². The lowest BCUT2D eigenvalue weighted by atomic mass is 10.1. The topological polar surface area (TPSA) is 58.8 Å². The molecular weight excluding hydrogens is 538 g/mol. The quantitative estimate of drug-likeness (QED) is 0.275. The van der Waals surface area contributed by atoms with Gasteiger partial charge >= 0.3 is 6.18 Å². The molecule has 1 aromatic heterocycles. The number of ether oxygens (including phenoxy) is 1. The van der Waals surface area contributed by atoms with Gasteiger partial charge in [-0.15, -0.1) is 0 Å². The minimum Gasteiger partial charge on any atom is -0.472 e. The molecule has 0 fully saturated rings. The van der Waals surface area contributed by atoms with E-state index in [9.17, 15) is 13.2 Å². The fraction of sp³-hybridized carbons (Fsp3) is 0.105. The second-order valence-corrected chi connectivity index (χ2v) is 8.35. The Morgan fingerprint density at radius 2 is 2.00 bits per heavy atom. The Kier molecular flexibility index (Phi) is 6.87. The first kappa shape index (κ1) is 21.7. The highest BCUT2D eigenvalue weighted by Gasteiger charge is 2.34. The van der Waals surface area contributed by atoms with Gasteiger partial charge in [-0.1, -0.05) is 23.9 Å². The van der Waals surface area contributed by atoms with Gasteiger partial charge in [-0.05, 0) is 70.1 Å². The van der Waals surface area contributed by atoms with Crippen molar-refractivity contribution in [2.24, 2.45) is 0 Å². The lowest BCUT2D eigenvalue weighted by Crippen LogP contribution is -2.07. The summed E-state index contributed by atoms with van der Waals surface area (Å²) in [6.07, 6.45) is -3.25. The Morgan fingerprint density at radius 1 is 1.21 bits per heavy atom. The molecule has 0 N–H and O–H groups in total. The van der Waals surface area contributed by atoms with Gasteiger partial charge in [-0.2, -0.15) is 23.4 Å². The van der Waals surface area contributed by atoms with Gasteiger partial charge < -0.3 is 4.74 Å². The molecule has 1 heterocycles. The first-order chi connectivity index (χ1) is 13.8. The standard InChI is InChI=1S/C19H10ClF3IN3OS/c20-18-26-9-16(17(27-18)28-10-11-2-1-3-13(24)6-11)29-14-5-4-12(8-25)15(7-14)19(21,22)23/h1-7,9H,10H2. The third-order valence-corrected chi connectivity index (χ3v) is 5.44. The molecule has 0 aliphatic carbocycles. The fourth-order valence-electron chi connectivity index (χ4n) is 2.33. The van der Waals surface area contributed by atoms with Crippen LogP contribution in [0.5, 0.6) is 5.88 Å². The van der Waals surface area contributed by atoms with E-state index in [1.54, 1.807) is 6.07 Å². The minimum absolute atomic E-state index is 0.0391. The van der Waals surface area contributed by atoms with E-state index in [1.165, 1.54) is 12.3 Å². The van der Waals surface area contributed by atoms with Crippen molar-refractivity contribution in [2.45, 2.75) is 22.6 Å². The van der Waals surface area contributed by atoms with Crippen molar-refractivity contribution >= 4 is 46.0 Å². The summed E-state index contributed by atoms with van der Waals surface area (Å²) in [4.78, 5) is 8.60. The van der Waals surface area contributed by atoms with Crippen molar-refractivity contribution in [1.29, 1.82) is 5.26 Å². The summed E-state index contributed by atoms with van der Waals surface area (Å²) in [5, 5.41) is 8.88. The second-order valence-electron chi connectivity index (χ2n) is 5.65. The van der Waals surface area contributed by atoms with Crippen LogP contribution in [-0.2, 0) is 12.8 Å². The van der Waals surface area contributed by atoms with Gasteiger partial charge in [0, 0.05) is 14.7 Å². The number of hydrogen-bond acceptors (Lipinski definition) is 5. The molecule has 0 bridgehead atoms. The van der Waals surface area contributed by atoms with Crippen LogP contribution in [0.15, 0.2) is 58.5 Å². The summed E-state index contributed by atoms with van der Waals surface area (Å²) < 4.78 is 46.4. The summed E-state index contributed by atoms with van der Waals surface area (Å²) in [5.41, 5.74) is -0.536. The summed E-state index contributed by atoms with van der Waals surface area (Å²) in [6.45, 7) is 0.207. The maximum atomic E-state index is 13.2. The Balaban J connectivity index is 1.87. The van der Waals surface area contributed by atoms with Crippen molar-refractivity contribution in [3.8, 4) is 11.9 Å². The zero-order valence-electron chi connectivity index (χ0n) is 14.4. The minimum atomic E-state index is -4.64. The third kappa shape index (κ3) is 5.74. The van der Waals surface area contributed by atoms with Gasteiger partial charge in [0.2, 0.25) is 11.2 Å². The van der Waals surface area contributed by atoms with Crippen molar-refractivity contribution in [1.82, 2.24) is 9.97 Å². The zero-order chi connectivity index (χ0) is 21.0. The van der Waals surface area contributed by atoms with Crippen LogP contribution in [0.2, 0.25) is 5.28 Å². The maximum absolute atomic E-state index is 13.2. The largest absolute Gasteiger partial charge is 0.472 e. The normalized spacial score (nSPS) is 11.2. The number of hydrogen-bond donors (Lipinski definition) is 0. The molecule has 0 saturated heterocycles. The molecule has 0 unspecified atom stereocenters. The van der Waals surface area contributed by atoms with E-state index in [4.69, 9.17) is 21.6 Å². The van der Waals surface area contributed by atoms with Crippen LogP contribution >= 0.6 is 46.0 Å². The molecule has 3 aromatic rings. The van der Waals surface area contributed by atoms with Crippen LogP contribution in [0.4, 0.5) is 13.2 Å². The summed E-state index contributed by atoms with van der Waals surface area (Å²) in [5.74, 6) is 0.159. The van der Waals surface area contributed by atoms with E-state index in [-0.39, 0.29) is 22.7 Å². The van der Waals surface area contributed by atoms with E-state index in [2.05, 4.69) is 32.6 Å². The van der Waals surface area contributed by atoms with Crippen LogP contribution in [0.3, 0.4) is 0 Å². The molecule has 0 saturated carbocycles. The van der Waals surface area contributed by atoms with Gasteiger partial charge in [0.15, 0.2) is 0 Å². The van der Waals surface area contributed by atoms with Gasteiger partial charge in [0.1, 0.15) is 6.61 Å². The monoisotopic (exact) mass is 547 g/mol. The lowest BCUT2D eigenvalue weighted by Gasteiger charge is -2.12. The number of benzene rings is 2. The fourth-order valence-corrected chi connectivity index (χ4v) is 3.93. The Bertz CT molecular complexity index is 1090. The lowest BCUT2D eigenvalue weighted by molar-refractivity contribution is -0.137. The van der Waals surface area contributed by atoms with Gasteiger partial charge in [-0.25, -0.2) is 4.98 Å². The summed E-state index contributed by atoms with van der Waals surface area (Å²) >= 11 is 9.03. The SMILES string of the molecule is N#Cc1ccc(Sc2cnc(Cl)nc2OCc2cccc(I)c2)cc1C(F)(F)F. The van der Waals surface area contributed by atoms with Crippen molar-refractivity contribution < 1.29 is 17.9 Å². The molecule has 4 nitrogen and oxygen atoms in total. The van der Waals surface area contributed by atoms with Gasteiger partial charge in [-0.3, -0.25) is 0 Å². The van der Waals surface area contributed by atoms with Crippen molar-refractivity contribution in [3.05, 3.63) is 74.2 Å². The predicted octanol–water partition coefficient (Wildman–Crippen LogP) is 6.36. The molecule has 2 aromatic carbocycles. The van der Waals surface area contributed by atoms with Crippen LogP contribution in [0.1, 0.15) is 16.7 Å². The molecule has 0 aliphatic rings. The molecule has 0 atom stereocenters. The molecule has 148 valence electrons. The second kappa shape index (κ2) is 9.19. The number of nitrogens with zero attached hydrogens (tertiary/aromatic N) is 3. The first-order valence-electron chi connectivity index (χ1n) is 7.95. The number of rotatable bonds is 5. The average Bonchev–Trinajstić information content (AvgIpc) is 2.67.